The predicted octanol–water partition coefficient (Wildman–Crippen LogP) is 10.5. The number of para-hydroxylation sites is 2. The van der Waals surface area contributed by atoms with E-state index in [1.807, 2.05) is 57.2 Å². The number of benzene rings is 5. The Morgan fingerprint density at radius 2 is 0.812 bits per heavy atom. The van der Waals surface area contributed by atoms with Gasteiger partial charge in [-0.3, -0.25) is 4.98 Å². The van der Waals surface area contributed by atoms with Gasteiger partial charge in [-0.2, -0.15) is 0 Å². The van der Waals surface area contributed by atoms with Crippen molar-refractivity contribution >= 4 is 21.8 Å². The van der Waals surface area contributed by atoms with Crippen molar-refractivity contribution in [3.63, 3.8) is 0 Å². The van der Waals surface area contributed by atoms with Crippen LogP contribution in [0.3, 0.4) is 0 Å². The topological polar surface area (TPSA) is 64.5 Å². The van der Waals surface area contributed by atoms with Gasteiger partial charge in [0.05, 0.1) is 11.0 Å². The minimum Gasteiger partial charge on any atom is -0.258 e. The highest BCUT2D eigenvalue weighted by atomic mass is 14.9. The summed E-state index contributed by atoms with van der Waals surface area (Å²) in [4.78, 5) is 24.1. The van der Waals surface area contributed by atoms with Crippen molar-refractivity contribution in [2.24, 2.45) is 0 Å². The molecule has 0 bridgehead atoms. The second-order valence-corrected chi connectivity index (χ2v) is 12.3. The smallest absolute Gasteiger partial charge is 0.160 e. The molecule has 0 fully saturated rings. The third-order valence-electron chi connectivity index (χ3n) is 9.05. The van der Waals surface area contributed by atoms with Gasteiger partial charge in [0, 0.05) is 50.2 Å². The lowest BCUT2D eigenvalue weighted by atomic mass is 9.90. The van der Waals surface area contributed by atoms with Crippen LogP contribution in [-0.4, -0.2) is 24.9 Å². The molecule has 5 heteroatoms. The van der Waals surface area contributed by atoms with Crippen molar-refractivity contribution in [3.8, 4) is 56.2 Å². The summed E-state index contributed by atoms with van der Waals surface area (Å²) in [5.74, 6) is 1.47. The van der Waals surface area contributed by atoms with Gasteiger partial charge in [0.2, 0.25) is 0 Å². The molecule has 0 unspecified atom stereocenters. The first-order chi connectivity index (χ1) is 23.4. The molecule has 0 atom stereocenters. The number of hydrogen-bond donors (Lipinski definition) is 0. The van der Waals surface area contributed by atoms with Crippen molar-refractivity contribution in [2.75, 3.05) is 0 Å². The van der Waals surface area contributed by atoms with E-state index in [1.54, 1.807) is 0 Å². The molecule has 0 radical (unpaired) electrons. The third kappa shape index (κ3) is 5.39. The van der Waals surface area contributed by atoms with E-state index >= 15 is 0 Å². The monoisotopic (exact) mass is 619 g/mol. The molecule has 3 heterocycles. The van der Waals surface area contributed by atoms with E-state index in [2.05, 4.69) is 97.9 Å². The van der Waals surface area contributed by atoms with Crippen molar-refractivity contribution in [1.82, 2.24) is 24.9 Å². The maximum Gasteiger partial charge on any atom is 0.160 e. The van der Waals surface area contributed by atoms with Crippen LogP contribution in [0.2, 0.25) is 0 Å². The molecule has 5 nitrogen and oxygen atoms in total. The summed E-state index contributed by atoms with van der Waals surface area (Å²) in [6.45, 7) is 8.20. The summed E-state index contributed by atoms with van der Waals surface area (Å²) in [6, 6.07) is 44.4. The van der Waals surface area contributed by atoms with E-state index in [4.69, 9.17) is 24.9 Å². The molecule has 0 N–H and O–H groups in total. The Hall–Kier alpha value is -6.07. The fourth-order valence-electron chi connectivity index (χ4n) is 6.51. The van der Waals surface area contributed by atoms with Crippen LogP contribution >= 0.6 is 0 Å². The van der Waals surface area contributed by atoms with E-state index in [0.717, 1.165) is 101 Å². The van der Waals surface area contributed by atoms with E-state index in [9.17, 15) is 0 Å². The number of aromatic nitrogens is 5. The highest BCUT2D eigenvalue weighted by Crippen LogP contribution is 2.38. The molecule has 0 amide bonds. The van der Waals surface area contributed by atoms with Crippen LogP contribution in [0, 0.1) is 27.7 Å². The van der Waals surface area contributed by atoms with Gasteiger partial charge < -0.3 is 0 Å². The van der Waals surface area contributed by atoms with Crippen LogP contribution in [0.4, 0.5) is 0 Å². The molecular weight excluding hydrogens is 587 g/mol. The maximum atomic E-state index is 4.85. The third-order valence-corrected chi connectivity index (χ3v) is 9.05. The number of hydrogen-bond acceptors (Lipinski definition) is 5. The van der Waals surface area contributed by atoms with Crippen LogP contribution < -0.4 is 0 Å². The van der Waals surface area contributed by atoms with Gasteiger partial charge in [-0.1, -0.05) is 103 Å². The Labute approximate surface area is 280 Å². The molecule has 0 spiro atoms. The summed E-state index contributed by atoms with van der Waals surface area (Å²) in [7, 11) is 0. The Morgan fingerprint density at radius 1 is 0.333 bits per heavy atom. The Kier molecular flexibility index (Phi) is 7.30. The predicted molar refractivity (Wildman–Crippen MR) is 197 cm³/mol. The number of pyridine rings is 1. The lowest BCUT2D eigenvalue weighted by molar-refractivity contribution is 1.13. The van der Waals surface area contributed by atoms with Gasteiger partial charge in [-0.05, 0) is 79.8 Å². The second-order valence-electron chi connectivity index (χ2n) is 12.3. The molecule has 0 aliphatic heterocycles. The maximum absolute atomic E-state index is 4.85. The van der Waals surface area contributed by atoms with Crippen molar-refractivity contribution < 1.29 is 0 Å². The van der Waals surface area contributed by atoms with Gasteiger partial charge in [-0.15, -0.1) is 0 Å². The average molecular weight is 620 g/mol. The Morgan fingerprint density at radius 3 is 1.38 bits per heavy atom. The van der Waals surface area contributed by atoms with Crippen LogP contribution in [0.15, 0.2) is 127 Å². The first-order valence-corrected chi connectivity index (χ1v) is 16.2. The lowest BCUT2D eigenvalue weighted by Crippen LogP contribution is -1.95. The molecule has 0 aliphatic carbocycles. The Balaban J connectivity index is 1.17. The zero-order valence-electron chi connectivity index (χ0n) is 27.4. The highest BCUT2D eigenvalue weighted by molar-refractivity contribution is 5.89. The molecule has 3 aromatic heterocycles. The molecule has 5 aromatic carbocycles. The van der Waals surface area contributed by atoms with Crippen LogP contribution in [0.1, 0.15) is 22.8 Å². The molecule has 230 valence electrons. The standard InChI is InChI=1S/C43H33N5/c1-26-13-23-35(27(2)44-26)39-25-34(30-14-18-32(19-15-30)42-45-28(3)36-9-5-7-11-40(36)47-42)22-24-38(39)31-16-20-33(21-17-31)43-46-29(4)37-10-6-8-12-41(37)48-43/h5-25H,1-4H3. The van der Waals surface area contributed by atoms with Crippen molar-refractivity contribution in [2.45, 2.75) is 27.7 Å². The largest absolute Gasteiger partial charge is 0.258 e. The summed E-state index contributed by atoms with van der Waals surface area (Å²) in [5, 5.41) is 2.16. The fraction of sp³-hybridized carbons (Fsp3) is 0.0930. The minimum atomic E-state index is 0.736. The van der Waals surface area contributed by atoms with Gasteiger partial charge in [-0.25, -0.2) is 19.9 Å². The first-order valence-electron chi connectivity index (χ1n) is 16.2. The summed E-state index contributed by atoms with van der Waals surface area (Å²) < 4.78 is 0. The lowest BCUT2D eigenvalue weighted by Gasteiger charge is -2.16. The second kappa shape index (κ2) is 11.9. The zero-order chi connectivity index (χ0) is 32.8. The molecule has 0 saturated heterocycles. The molecular formula is C43H33N5. The first kappa shape index (κ1) is 29.3. The van der Waals surface area contributed by atoms with Crippen LogP contribution in [0.25, 0.3) is 78.0 Å². The minimum absolute atomic E-state index is 0.736. The summed E-state index contributed by atoms with van der Waals surface area (Å²) >= 11 is 0. The summed E-state index contributed by atoms with van der Waals surface area (Å²) in [6.07, 6.45) is 0. The average Bonchev–Trinajstić information content (AvgIpc) is 3.12. The quantitative estimate of drug-likeness (QED) is 0.192. The van der Waals surface area contributed by atoms with Gasteiger partial charge in [0.15, 0.2) is 11.6 Å². The number of rotatable bonds is 5. The summed E-state index contributed by atoms with van der Waals surface area (Å²) in [5.41, 5.74) is 14.6. The van der Waals surface area contributed by atoms with Crippen LogP contribution in [-0.2, 0) is 0 Å². The van der Waals surface area contributed by atoms with Crippen molar-refractivity contribution in [1.29, 1.82) is 0 Å². The van der Waals surface area contributed by atoms with E-state index < -0.39 is 0 Å². The number of nitrogens with zero attached hydrogens (tertiary/aromatic N) is 5. The van der Waals surface area contributed by atoms with Gasteiger partial charge >= 0.3 is 0 Å². The van der Waals surface area contributed by atoms with Gasteiger partial charge in [0.25, 0.3) is 0 Å². The number of fused-ring (bicyclic) bond motifs is 2. The molecule has 8 rings (SSSR count). The van der Waals surface area contributed by atoms with Crippen molar-refractivity contribution in [3.05, 3.63) is 150 Å². The molecule has 0 aliphatic rings. The normalized spacial score (nSPS) is 11.3. The van der Waals surface area contributed by atoms with Gasteiger partial charge in [0.1, 0.15) is 0 Å². The fourth-order valence-corrected chi connectivity index (χ4v) is 6.51. The number of aryl methyl sites for hydroxylation is 4. The molecule has 0 saturated carbocycles. The highest BCUT2D eigenvalue weighted by Gasteiger charge is 2.15. The SMILES string of the molecule is Cc1ccc(-c2cc(-c3ccc(-c4nc(C)c5ccccc5n4)cc3)ccc2-c2ccc(-c3nc(C)c4ccccc4n3)cc2)c(C)n1. The van der Waals surface area contributed by atoms with Crippen LogP contribution in [0.5, 0.6) is 0 Å². The van der Waals surface area contributed by atoms with E-state index in [1.165, 1.54) is 0 Å². The zero-order valence-corrected chi connectivity index (χ0v) is 27.4. The van der Waals surface area contributed by atoms with E-state index in [0.29, 0.717) is 0 Å². The Bertz CT molecular complexity index is 2480. The molecule has 8 aromatic rings. The van der Waals surface area contributed by atoms with E-state index in [-0.39, 0.29) is 0 Å². The molecule has 48 heavy (non-hydrogen) atoms.